The molecule has 0 radical (unpaired) electrons. The van der Waals surface area contributed by atoms with Crippen LogP contribution < -0.4 is 0 Å². The highest BCUT2D eigenvalue weighted by atomic mass is 79.9. The predicted molar refractivity (Wildman–Crippen MR) is 53.9 cm³/mol. The first kappa shape index (κ1) is 11.4. The average molecular weight is 322 g/mol. The zero-order valence-corrected chi connectivity index (χ0v) is 9.81. The van der Waals surface area contributed by atoms with E-state index in [0.29, 0.717) is 9.35 Å². The molecule has 2 nitrogen and oxygen atoms in total. The topological polar surface area (TPSA) is 37.3 Å². The SMILES string of the molecule is Cl.O=C(O)c1cc(Br)sc1Br. The second-order valence-corrected chi connectivity index (χ2v) is 5.29. The zero-order chi connectivity index (χ0) is 7.72. The van der Waals surface area contributed by atoms with Crippen molar-refractivity contribution in [1.82, 2.24) is 0 Å². The molecule has 0 aromatic carbocycles. The Labute approximate surface area is 90.3 Å². The summed E-state index contributed by atoms with van der Waals surface area (Å²) in [7, 11) is 0. The Morgan fingerprint density at radius 1 is 1.55 bits per heavy atom. The molecule has 1 aromatic rings. The molecule has 0 aliphatic rings. The minimum atomic E-state index is -0.908. The molecule has 0 amide bonds. The smallest absolute Gasteiger partial charge is 0.337 e. The van der Waals surface area contributed by atoms with Gasteiger partial charge in [0.05, 0.1) is 13.1 Å². The summed E-state index contributed by atoms with van der Waals surface area (Å²) in [6.07, 6.45) is 0. The highest BCUT2D eigenvalue weighted by molar-refractivity contribution is 9.12. The van der Waals surface area contributed by atoms with Gasteiger partial charge >= 0.3 is 5.97 Å². The van der Waals surface area contributed by atoms with Crippen LogP contribution in [0.15, 0.2) is 13.6 Å². The maximum Gasteiger partial charge on any atom is 0.337 e. The number of aromatic carboxylic acids is 1. The van der Waals surface area contributed by atoms with Gasteiger partial charge in [0.2, 0.25) is 0 Å². The Morgan fingerprint density at radius 2 is 2.09 bits per heavy atom. The molecule has 1 heterocycles. The van der Waals surface area contributed by atoms with Gasteiger partial charge in [0, 0.05) is 0 Å². The minimum Gasteiger partial charge on any atom is -0.478 e. The highest BCUT2D eigenvalue weighted by Crippen LogP contribution is 2.31. The van der Waals surface area contributed by atoms with Gasteiger partial charge in [0.15, 0.2) is 0 Å². The molecule has 0 bridgehead atoms. The second-order valence-electron chi connectivity index (χ2n) is 1.54. The van der Waals surface area contributed by atoms with E-state index in [2.05, 4.69) is 31.9 Å². The lowest BCUT2D eigenvalue weighted by molar-refractivity contribution is 0.0696. The lowest BCUT2D eigenvalue weighted by atomic mass is 10.4. The van der Waals surface area contributed by atoms with Gasteiger partial charge in [-0.1, -0.05) is 0 Å². The number of carboxylic acids is 1. The van der Waals surface area contributed by atoms with Gasteiger partial charge in [-0.25, -0.2) is 4.79 Å². The number of thiophene rings is 1. The fourth-order valence-electron chi connectivity index (χ4n) is 0.486. The maximum atomic E-state index is 10.4. The van der Waals surface area contributed by atoms with Gasteiger partial charge in [-0.05, 0) is 37.9 Å². The Balaban J connectivity index is 0.000001000. The van der Waals surface area contributed by atoms with Gasteiger partial charge in [0.1, 0.15) is 0 Å². The standard InChI is InChI=1S/C5H2Br2O2S.ClH/c6-3-1-2(5(8)9)4(7)10-3;/h1H,(H,8,9);1H. The lowest BCUT2D eigenvalue weighted by Crippen LogP contribution is -1.92. The molecule has 0 aliphatic heterocycles. The van der Waals surface area contributed by atoms with Crippen molar-refractivity contribution < 1.29 is 9.90 Å². The average Bonchev–Trinajstić information content (AvgIpc) is 2.10. The third kappa shape index (κ3) is 2.74. The third-order valence-corrected chi connectivity index (χ3v) is 3.23. The molecule has 62 valence electrons. The van der Waals surface area contributed by atoms with Crippen molar-refractivity contribution in [3.05, 3.63) is 19.2 Å². The van der Waals surface area contributed by atoms with E-state index in [-0.39, 0.29) is 12.4 Å². The first-order chi connectivity index (χ1) is 4.61. The molecule has 0 saturated carbocycles. The lowest BCUT2D eigenvalue weighted by Gasteiger charge is -1.84. The summed E-state index contributed by atoms with van der Waals surface area (Å²) in [5.74, 6) is -0.908. The van der Waals surface area contributed by atoms with Crippen LogP contribution >= 0.6 is 55.6 Å². The number of hydrogen-bond donors (Lipinski definition) is 1. The van der Waals surface area contributed by atoms with E-state index in [4.69, 9.17) is 5.11 Å². The number of hydrogen-bond acceptors (Lipinski definition) is 2. The first-order valence-corrected chi connectivity index (χ1v) is 4.69. The molecule has 0 aliphatic carbocycles. The van der Waals surface area contributed by atoms with Crippen LogP contribution in [-0.4, -0.2) is 11.1 Å². The molecular weight excluding hydrogens is 319 g/mol. The minimum absolute atomic E-state index is 0. The molecule has 1 aromatic heterocycles. The van der Waals surface area contributed by atoms with E-state index in [1.807, 2.05) is 0 Å². The van der Waals surface area contributed by atoms with Crippen LogP contribution in [0.2, 0.25) is 0 Å². The molecule has 0 spiro atoms. The normalized spacial score (nSPS) is 8.91. The van der Waals surface area contributed by atoms with E-state index in [1.165, 1.54) is 11.3 Å². The fourth-order valence-corrected chi connectivity index (χ4v) is 3.26. The Morgan fingerprint density at radius 3 is 2.27 bits per heavy atom. The van der Waals surface area contributed by atoms with E-state index >= 15 is 0 Å². The van der Waals surface area contributed by atoms with Crippen LogP contribution in [0.25, 0.3) is 0 Å². The van der Waals surface area contributed by atoms with E-state index in [1.54, 1.807) is 6.07 Å². The number of carbonyl (C=O) groups is 1. The van der Waals surface area contributed by atoms with Crippen LogP contribution in [0, 0.1) is 0 Å². The van der Waals surface area contributed by atoms with Crippen LogP contribution in [0.1, 0.15) is 10.4 Å². The number of rotatable bonds is 1. The molecule has 0 fully saturated rings. The van der Waals surface area contributed by atoms with Crippen molar-refractivity contribution in [2.75, 3.05) is 0 Å². The Kier molecular flexibility index (Phi) is 4.62. The van der Waals surface area contributed by atoms with Crippen molar-refractivity contribution in [3.8, 4) is 0 Å². The molecule has 1 N–H and O–H groups in total. The van der Waals surface area contributed by atoms with Crippen LogP contribution in [0.4, 0.5) is 0 Å². The molecule has 6 heteroatoms. The van der Waals surface area contributed by atoms with Crippen LogP contribution in [-0.2, 0) is 0 Å². The van der Waals surface area contributed by atoms with Crippen molar-refractivity contribution in [1.29, 1.82) is 0 Å². The Hall–Kier alpha value is 0.420. The van der Waals surface area contributed by atoms with Crippen molar-refractivity contribution in [2.45, 2.75) is 0 Å². The summed E-state index contributed by atoms with van der Waals surface area (Å²) in [5.41, 5.74) is 0.303. The predicted octanol–water partition coefficient (Wildman–Crippen LogP) is 3.39. The molecular formula is C5H3Br2ClO2S. The van der Waals surface area contributed by atoms with E-state index in [0.717, 1.165) is 3.79 Å². The summed E-state index contributed by atoms with van der Waals surface area (Å²) < 4.78 is 1.46. The molecule has 0 atom stereocenters. The molecule has 1 rings (SSSR count). The number of halogens is 3. The van der Waals surface area contributed by atoms with Crippen molar-refractivity contribution >= 4 is 61.6 Å². The third-order valence-electron chi connectivity index (χ3n) is 0.887. The van der Waals surface area contributed by atoms with Gasteiger partial charge in [-0.3, -0.25) is 0 Å². The molecule has 0 saturated heterocycles. The summed E-state index contributed by atoms with van der Waals surface area (Å²) in [6, 6.07) is 1.57. The molecule has 0 unspecified atom stereocenters. The molecule has 11 heavy (non-hydrogen) atoms. The number of carboxylic acid groups (broad SMARTS) is 1. The van der Waals surface area contributed by atoms with Gasteiger partial charge in [0.25, 0.3) is 0 Å². The summed E-state index contributed by atoms with van der Waals surface area (Å²) in [5, 5.41) is 8.53. The van der Waals surface area contributed by atoms with Crippen LogP contribution in [0.3, 0.4) is 0 Å². The summed E-state index contributed by atoms with van der Waals surface area (Å²) in [4.78, 5) is 10.4. The van der Waals surface area contributed by atoms with E-state index in [9.17, 15) is 4.79 Å². The quantitative estimate of drug-likeness (QED) is 0.860. The second kappa shape index (κ2) is 4.45. The monoisotopic (exact) mass is 320 g/mol. The first-order valence-electron chi connectivity index (χ1n) is 2.29. The summed E-state index contributed by atoms with van der Waals surface area (Å²) >= 11 is 7.65. The van der Waals surface area contributed by atoms with Gasteiger partial charge in [-0.2, -0.15) is 0 Å². The van der Waals surface area contributed by atoms with Gasteiger partial charge in [-0.15, -0.1) is 23.7 Å². The van der Waals surface area contributed by atoms with Crippen molar-refractivity contribution in [2.24, 2.45) is 0 Å². The largest absolute Gasteiger partial charge is 0.478 e. The zero-order valence-electron chi connectivity index (χ0n) is 5.01. The van der Waals surface area contributed by atoms with Crippen molar-refractivity contribution in [3.63, 3.8) is 0 Å². The van der Waals surface area contributed by atoms with Gasteiger partial charge < -0.3 is 5.11 Å². The summed E-state index contributed by atoms with van der Waals surface area (Å²) in [6.45, 7) is 0. The fraction of sp³-hybridized carbons (Fsp3) is 0. The Bertz CT molecular complexity index is 273. The maximum absolute atomic E-state index is 10.4. The highest BCUT2D eigenvalue weighted by Gasteiger charge is 2.10. The van der Waals surface area contributed by atoms with E-state index < -0.39 is 5.97 Å². The van der Waals surface area contributed by atoms with Crippen LogP contribution in [0.5, 0.6) is 0 Å².